The fourth-order valence-corrected chi connectivity index (χ4v) is 4.50. The van der Waals surface area contributed by atoms with Crippen LogP contribution in [0.5, 0.6) is 0 Å². The van der Waals surface area contributed by atoms with Gasteiger partial charge in [-0.3, -0.25) is 9.52 Å². The van der Waals surface area contributed by atoms with Gasteiger partial charge in [-0.2, -0.15) is 13.2 Å². The van der Waals surface area contributed by atoms with Gasteiger partial charge in [-0.25, -0.2) is 8.42 Å². The number of carbonyl (C=O) groups excluding carboxylic acids is 1. The lowest BCUT2D eigenvalue weighted by Gasteiger charge is -2.16. The first-order valence-electron chi connectivity index (χ1n) is 10.3. The molecule has 174 valence electrons. The molecule has 2 unspecified atom stereocenters. The van der Waals surface area contributed by atoms with E-state index >= 15 is 0 Å². The highest BCUT2D eigenvalue weighted by Crippen LogP contribution is 2.31. The Balaban J connectivity index is 1.60. The third-order valence-corrected chi connectivity index (χ3v) is 6.59. The topological polar surface area (TPSA) is 84.5 Å². The molecule has 0 saturated carbocycles. The summed E-state index contributed by atoms with van der Waals surface area (Å²) in [5.41, 5.74) is -0.882. The van der Waals surface area contributed by atoms with Crippen molar-refractivity contribution in [3.63, 3.8) is 0 Å². The fourth-order valence-electron chi connectivity index (χ4n) is 3.45. The quantitative estimate of drug-likeness (QED) is 0.591. The molecule has 1 aliphatic rings. The normalized spacial score (nSPS) is 17.7. The second-order valence-corrected chi connectivity index (χ2v) is 9.48. The standard InChI is InChI=1S/C22H25F3N2O4S/c1-15(7-10-19-6-3-13-31-19)26-21(28)16-8-11-20(12-9-16)32(29,30)27-18-5-2-4-17(14-18)22(23,24)25/h2,4-5,8-9,11-12,14-15,19,27H,3,6-7,10,13H2,1H3,(H,26,28). The van der Waals surface area contributed by atoms with Crippen LogP contribution in [-0.4, -0.2) is 33.1 Å². The summed E-state index contributed by atoms with van der Waals surface area (Å²) in [4.78, 5) is 12.3. The van der Waals surface area contributed by atoms with Crippen LogP contribution in [0.4, 0.5) is 18.9 Å². The molecule has 2 aromatic carbocycles. The van der Waals surface area contributed by atoms with E-state index in [9.17, 15) is 26.4 Å². The summed E-state index contributed by atoms with van der Waals surface area (Å²) in [6.07, 6.45) is -0.626. The highest BCUT2D eigenvalue weighted by Gasteiger charge is 2.30. The molecule has 3 rings (SSSR count). The zero-order valence-electron chi connectivity index (χ0n) is 17.5. The lowest BCUT2D eigenvalue weighted by Crippen LogP contribution is -2.33. The molecule has 0 radical (unpaired) electrons. The Morgan fingerprint density at radius 3 is 2.53 bits per heavy atom. The molecule has 1 saturated heterocycles. The summed E-state index contributed by atoms with van der Waals surface area (Å²) in [5.74, 6) is -0.334. The minimum absolute atomic E-state index is 0.0716. The number of carbonyl (C=O) groups is 1. The van der Waals surface area contributed by atoms with Crippen molar-refractivity contribution in [3.8, 4) is 0 Å². The van der Waals surface area contributed by atoms with Gasteiger partial charge in [0.1, 0.15) is 0 Å². The number of halogens is 3. The van der Waals surface area contributed by atoms with Crippen molar-refractivity contribution >= 4 is 21.6 Å². The lowest BCUT2D eigenvalue weighted by atomic mass is 10.1. The van der Waals surface area contributed by atoms with Crippen molar-refractivity contribution in [1.82, 2.24) is 5.32 Å². The number of anilines is 1. The minimum Gasteiger partial charge on any atom is -0.378 e. The summed E-state index contributed by atoms with van der Waals surface area (Å²) < 4.78 is 71.3. The van der Waals surface area contributed by atoms with Gasteiger partial charge >= 0.3 is 6.18 Å². The van der Waals surface area contributed by atoms with Gasteiger partial charge in [0.05, 0.1) is 16.6 Å². The molecule has 0 aromatic heterocycles. The number of amides is 1. The summed E-state index contributed by atoms with van der Waals surface area (Å²) in [7, 11) is -4.12. The Hall–Kier alpha value is -2.59. The fraction of sp³-hybridized carbons (Fsp3) is 0.409. The van der Waals surface area contributed by atoms with Gasteiger partial charge < -0.3 is 10.1 Å². The Morgan fingerprint density at radius 1 is 1.19 bits per heavy atom. The van der Waals surface area contributed by atoms with E-state index in [0.717, 1.165) is 50.5 Å². The van der Waals surface area contributed by atoms with Gasteiger partial charge in [0.25, 0.3) is 15.9 Å². The number of benzene rings is 2. The van der Waals surface area contributed by atoms with E-state index in [0.29, 0.717) is 0 Å². The molecule has 2 N–H and O–H groups in total. The zero-order chi connectivity index (χ0) is 23.4. The summed E-state index contributed by atoms with van der Waals surface area (Å²) in [6.45, 7) is 2.67. The maximum atomic E-state index is 12.8. The molecular formula is C22H25F3N2O4S. The maximum absolute atomic E-state index is 12.8. The van der Waals surface area contributed by atoms with E-state index in [-0.39, 0.29) is 34.2 Å². The molecule has 1 heterocycles. The predicted octanol–water partition coefficient (Wildman–Crippen LogP) is 4.58. The van der Waals surface area contributed by atoms with Crippen molar-refractivity contribution in [1.29, 1.82) is 0 Å². The van der Waals surface area contributed by atoms with Crippen LogP contribution in [-0.2, 0) is 20.9 Å². The monoisotopic (exact) mass is 470 g/mol. The first kappa shape index (κ1) is 24.1. The van der Waals surface area contributed by atoms with Gasteiger partial charge in [0, 0.05) is 23.9 Å². The molecule has 1 aliphatic heterocycles. The Morgan fingerprint density at radius 2 is 1.91 bits per heavy atom. The van der Waals surface area contributed by atoms with E-state index < -0.39 is 21.8 Å². The van der Waals surface area contributed by atoms with E-state index in [2.05, 4.69) is 10.0 Å². The third-order valence-electron chi connectivity index (χ3n) is 5.19. The number of alkyl halides is 3. The van der Waals surface area contributed by atoms with Gasteiger partial charge in [-0.05, 0) is 75.1 Å². The van der Waals surface area contributed by atoms with Crippen LogP contribution in [0.2, 0.25) is 0 Å². The van der Waals surface area contributed by atoms with Crippen LogP contribution in [0.15, 0.2) is 53.4 Å². The van der Waals surface area contributed by atoms with E-state index in [1.54, 1.807) is 0 Å². The zero-order valence-corrected chi connectivity index (χ0v) is 18.3. The molecule has 2 aromatic rings. The molecule has 0 bridgehead atoms. The van der Waals surface area contributed by atoms with Crippen LogP contribution >= 0.6 is 0 Å². The van der Waals surface area contributed by atoms with E-state index in [1.807, 2.05) is 6.92 Å². The number of hydrogen-bond acceptors (Lipinski definition) is 4. The second-order valence-electron chi connectivity index (χ2n) is 7.80. The molecule has 0 spiro atoms. The van der Waals surface area contributed by atoms with Gasteiger partial charge in [0.15, 0.2) is 0 Å². The van der Waals surface area contributed by atoms with Crippen molar-refractivity contribution in [2.24, 2.45) is 0 Å². The number of rotatable bonds is 8. The van der Waals surface area contributed by atoms with Crippen molar-refractivity contribution in [2.75, 3.05) is 11.3 Å². The van der Waals surface area contributed by atoms with Gasteiger partial charge in [0.2, 0.25) is 0 Å². The number of ether oxygens (including phenoxy) is 1. The van der Waals surface area contributed by atoms with Crippen LogP contribution < -0.4 is 10.0 Å². The first-order valence-corrected chi connectivity index (χ1v) is 11.8. The molecule has 1 fully saturated rings. The van der Waals surface area contributed by atoms with Crippen LogP contribution in [0, 0.1) is 0 Å². The molecule has 0 aliphatic carbocycles. The van der Waals surface area contributed by atoms with Crippen LogP contribution in [0.1, 0.15) is 48.5 Å². The minimum atomic E-state index is -4.59. The molecular weight excluding hydrogens is 445 g/mol. The smallest absolute Gasteiger partial charge is 0.378 e. The second kappa shape index (κ2) is 9.91. The summed E-state index contributed by atoms with van der Waals surface area (Å²) >= 11 is 0. The Bertz CT molecular complexity index is 1030. The van der Waals surface area contributed by atoms with E-state index in [1.165, 1.54) is 30.3 Å². The number of sulfonamides is 1. The Kier molecular flexibility index (Phi) is 7.45. The molecule has 2 atom stereocenters. The van der Waals surface area contributed by atoms with Crippen LogP contribution in [0.3, 0.4) is 0 Å². The molecule has 1 amide bonds. The molecule has 32 heavy (non-hydrogen) atoms. The van der Waals surface area contributed by atoms with Gasteiger partial charge in [-0.1, -0.05) is 6.07 Å². The average molecular weight is 471 g/mol. The third kappa shape index (κ3) is 6.46. The molecule has 10 heteroatoms. The highest BCUT2D eigenvalue weighted by atomic mass is 32.2. The predicted molar refractivity (Wildman–Crippen MR) is 114 cm³/mol. The highest BCUT2D eigenvalue weighted by molar-refractivity contribution is 7.92. The number of hydrogen-bond donors (Lipinski definition) is 2. The van der Waals surface area contributed by atoms with Crippen LogP contribution in [0.25, 0.3) is 0 Å². The van der Waals surface area contributed by atoms with E-state index in [4.69, 9.17) is 4.74 Å². The van der Waals surface area contributed by atoms with Crippen molar-refractivity contribution in [2.45, 2.75) is 55.8 Å². The largest absolute Gasteiger partial charge is 0.416 e. The number of nitrogens with one attached hydrogen (secondary N) is 2. The average Bonchev–Trinajstić information content (AvgIpc) is 3.25. The van der Waals surface area contributed by atoms with Crippen molar-refractivity contribution < 1.29 is 31.1 Å². The van der Waals surface area contributed by atoms with Crippen molar-refractivity contribution in [3.05, 3.63) is 59.7 Å². The summed E-state index contributed by atoms with van der Waals surface area (Å²) in [6, 6.07) is 9.05. The maximum Gasteiger partial charge on any atom is 0.416 e. The lowest BCUT2D eigenvalue weighted by molar-refractivity contribution is -0.137. The first-order chi connectivity index (χ1) is 15.0. The Labute approximate surface area is 185 Å². The summed E-state index contributed by atoms with van der Waals surface area (Å²) in [5, 5.41) is 2.87. The van der Waals surface area contributed by atoms with Gasteiger partial charge in [-0.15, -0.1) is 0 Å². The SMILES string of the molecule is CC(CCC1CCCO1)NC(=O)c1ccc(S(=O)(=O)Nc2cccc(C(F)(F)F)c2)cc1. The molecule has 6 nitrogen and oxygen atoms in total.